The van der Waals surface area contributed by atoms with Crippen LogP contribution in [0.2, 0.25) is 5.02 Å². The minimum Gasteiger partial charge on any atom is -0.491 e. The Labute approximate surface area is 129 Å². The summed E-state index contributed by atoms with van der Waals surface area (Å²) in [5.41, 5.74) is 0.937. The second kappa shape index (κ2) is 8.79. The van der Waals surface area contributed by atoms with Crippen molar-refractivity contribution in [2.75, 3.05) is 19.7 Å². The van der Waals surface area contributed by atoms with E-state index in [0.29, 0.717) is 29.0 Å². The van der Waals surface area contributed by atoms with Crippen molar-refractivity contribution in [1.29, 1.82) is 0 Å². The number of aryl methyl sites for hydroxylation is 1. The van der Waals surface area contributed by atoms with Gasteiger partial charge in [-0.25, -0.2) is 0 Å². The van der Waals surface area contributed by atoms with Crippen LogP contribution >= 0.6 is 23.8 Å². The number of benzene rings is 1. The summed E-state index contributed by atoms with van der Waals surface area (Å²) in [5.74, 6) is 0.679. The van der Waals surface area contributed by atoms with Crippen LogP contribution in [0.3, 0.4) is 0 Å². The van der Waals surface area contributed by atoms with Gasteiger partial charge < -0.3 is 20.5 Å². The standard InChI is InChI=1S/C14H19ClN2O2S/c1-3-6-16-14(20)17-8-11(18)9-19-12-4-5-13(15)10(2)7-12/h3-5,7,11,18H,1,6,8-9H2,2H3,(H2,16,17,20)/t11-/m1/s1. The van der Waals surface area contributed by atoms with Gasteiger partial charge in [-0.1, -0.05) is 17.7 Å². The Hall–Kier alpha value is -1.30. The van der Waals surface area contributed by atoms with Crippen LogP contribution in [0.15, 0.2) is 30.9 Å². The smallest absolute Gasteiger partial charge is 0.166 e. The van der Waals surface area contributed by atoms with Gasteiger partial charge in [0.2, 0.25) is 0 Å². The van der Waals surface area contributed by atoms with E-state index >= 15 is 0 Å². The molecule has 0 fully saturated rings. The van der Waals surface area contributed by atoms with Crippen molar-refractivity contribution in [2.24, 2.45) is 0 Å². The molecule has 0 amide bonds. The third kappa shape index (κ3) is 6.23. The summed E-state index contributed by atoms with van der Waals surface area (Å²) in [4.78, 5) is 0. The lowest BCUT2D eigenvalue weighted by Crippen LogP contribution is -2.41. The lowest BCUT2D eigenvalue weighted by Gasteiger charge is -2.15. The van der Waals surface area contributed by atoms with Crippen LogP contribution in [0.4, 0.5) is 0 Å². The van der Waals surface area contributed by atoms with Gasteiger partial charge in [0.25, 0.3) is 0 Å². The maximum absolute atomic E-state index is 9.79. The van der Waals surface area contributed by atoms with Crippen LogP contribution in [0.5, 0.6) is 5.75 Å². The molecule has 6 heteroatoms. The zero-order chi connectivity index (χ0) is 15.0. The summed E-state index contributed by atoms with van der Waals surface area (Å²) < 4.78 is 5.49. The number of hydrogen-bond acceptors (Lipinski definition) is 3. The highest BCUT2D eigenvalue weighted by Gasteiger charge is 2.06. The van der Waals surface area contributed by atoms with E-state index in [4.69, 9.17) is 28.6 Å². The molecule has 1 aromatic carbocycles. The zero-order valence-electron chi connectivity index (χ0n) is 11.4. The normalized spacial score (nSPS) is 11.6. The molecule has 0 spiro atoms. The van der Waals surface area contributed by atoms with Crippen LogP contribution in [0.25, 0.3) is 0 Å². The van der Waals surface area contributed by atoms with E-state index in [1.54, 1.807) is 18.2 Å². The second-order valence-electron chi connectivity index (χ2n) is 4.26. The van der Waals surface area contributed by atoms with Crippen LogP contribution in [-0.2, 0) is 0 Å². The number of hydrogen-bond donors (Lipinski definition) is 3. The van der Waals surface area contributed by atoms with Crippen LogP contribution in [0.1, 0.15) is 5.56 Å². The molecule has 0 heterocycles. The van der Waals surface area contributed by atoms with E-state index < -0.39 is 6.10 Å². The Balaban J connectivity index is 2.28. The summed E-state index contributed by atoms with van der Waals surface area (Å²) >= 11 is 10.9. The first kappa shape index (κ1) is 16.8. The van der Waals surface area contributed by atoms with Crippen molar-refractivity contribution in [3.05, 3.63) is 41.4 Å². The monoisotopic (exact) mass is 314 g/mol. The minimum atomic E-state index is -0.658. The molecule has 0 aromatic heterocycles. The molecular formula is C14H19ClN2O2S. The van der Waals surface area contributed by atoms with Crippen molar-refractivity contribution in [3.8, 4) is 5.75 Å². The third-order valence-electron chi connectivity index (χ3n) is 2.48. The molecule has 20 heavy (non-hydrogen) atoms. The zero-order valence-corrected chi connectivity index (χ0v) is 12.9. The number of nitrogens with one attached hydrogen (secondary N) is 2. The van der Waals surface area contributed by atoms with Gasteiger partial charge >= 0.3 is 0 Å². The molecule has 0 saturated heterocycles. The lowest BCUT2D eigenvalue weighted by molar-refractivity contribution is 0.110. The first-order chi connectivity index (χ1) is 9.52. The molecule has 0 bridgehead atoms. The number of aliphatic hydroxyl groups is 1. The Bertz CT molecular complexity index is 468. The van der Waals surface area contributed by atoms with Crippen molar-refractivity contribution in [2.45, 2.75) is 13.0 Å². The highest BCUT2D eigenvalue weighted by atomic mass is 35.5. The van der Waals surface area contributed by atoms with Gasteiger partial charge in [0.1, 0.15) is 18.5 Å². The van der Waals surface area contributed by atoms with Crippen LogP contribution in [0, 0.1) is 6.92 Å². The van der Waals surface area contributed by atoms with Crippen LogP contribution in [-0.4, -0.2) is 36.0 Å². The first-order valence-electron chi connectivity index (χ1n) is 6.22. The fraction of sp³-hybridized carbons (Fsp3) is 0.357. The number of thiocarbonyl (C=S) groups is 1. The number of halogens is 1. The van der Waals surface area contributed by atoms with E-state index in [1.807, 2.05) is 13.0 Å². The molecule has 0 aliphatic heterocycles. The lowest BCUT2D eigenvalue weighted by atomic mass is 10.2. The highest BCUT2D eigenvalue weighted by Crippen LogP contribution is 2.20. The maximum atomic E-state index is 9.79. The summed E-state index contributed by atoms with van der Waals surface area (Å²) in [6.45, 7) is 6.55. The first-order valence-corrected chi connectivity index (χ1v) is 7.01. The molecule has 1 rings (SSSR count). The van der Waals surface area contributed by atoms with Crippen molar-refractivity contribution in [1.82, 2.24) is 10.6 Å². The van der Waals surface area contributed by atoms with Gasteiger partial charge in [0.15, 0.2) is 5.11 Å². The Kier molecular flexibility index (Phi) is 7.36. The molecule has 4 nitrogen and oxygen atoms in total. The number of ether oxygens (including phenoxy) is 1. The van der Waals surface area contributed by atoms with Gasteiger partial charge in [-0.3, -0.25) is 0 Å². The largest absolute Gasteiger partial charge is 0.491 e. The molecule has 0 unspecified atom stereocenters. The molecule has 0 radical (unpaired) electrons. The topological polar surface area (TPSA) is 53.5 Å². The van der Waals surface area contributed by atoms with E-state index in [0.717, 1.165) is 5.56 Å². The van der Waals surface area contributed by atoms with E-state index in [1.165, 1.54) is 0 Å². The highest BCUT2D eigenvalue weighted by molar-refractivity contribution is 7.80. The molecule has 0 saturated carbocycles. The van der Waals surface area contributed by atoms with E-state index in [-0.39, 0.29) is 6.61 Å². The average molecular weight is 315 g/mol. The molecular weight excluding hydrogens is 296 g/mol. The van der Waals surface area contributed by atoms with Crippen molar-refractivity contribution in [3.63, 3.8) is 0 Å². The van der Waals surface area contributed by atoms with E-state index in [2.05, 4.69) is 17.2 Å². The fourth-order valence-electron chi connectivity index (χ4n) is 1.40. The predicted octanol–water partition coefficient (Wildman–Crippen LogP) is 2.04. The van der Waals surface area contributed by atoms with Gasteiger partial charge in [-0.05, 0) is 42.9 Å². The quantitative estimate of drug-likeness (QED) is 0.531. The second-order valence-corrected chi connectivity index (χ2v) is 5.07. The van der Waals surface area contributed by atoms with Gasteiger partial charge in [0.05, 0.1) is 0 Å². The molecule has 1 atom stereocenters. The van der Waals surface area contributed by atoms with Gasteiger partial charge in [-0.15, -0.1) is 6.58 Å². The Morgan fingerprint density at radius 1 is 1.55 bits per heavy atom. The molecule has 1 aromatic rings. The summed E-state index contributed by atoms with van der Waals surface area (Å²) in [6.07, 6.45) is 1.05. The predicted molar refractivity (Wildman–Crippen MR) is 86.5 cm³/mol. The number of rotatable bonds is 7. The van der Waals surface area contributed by atoms with Crippen LogP contribution < -0.4 is 15.4 Å². The van der Waals surface area contributed by atoms with E-state index in [9.17, 15) is 5.11 Å². The molecule has 0 aliphatic carbocycles. The molecule has 0 aliphatic rings. The summed E-state index contributed by atoms with van der Waals surface area (Å²) in [5, 5.41) is 16.8. The van der Waals surface area contributed by atoms with Gasteiger partial charge in [-0.2, -0.15) is 0 Å². The fourth-order valence-corrected chi connectivity index (χ4v) is 1.68. The molecule has 3 N–H and O–H groups in total. The third-order valence-corrected chi connectivity index (χ3v) is 3.19. The van der Waals surface area contributed by atoms with Crippen molar-refractivity contribution >= 4 is 28.9 Å². The van der Waals surface area contributed by atoms with Crippen molar-refractivity contribution < 1.29 is 9.84 Å². The Morgan fingerprint density at radius 3 is 2.95 bits per heavy atom. The Morgan fingerprint density at radius 2 is 2.30 bits per heavy atom. The summed E-state index contributed by atoms with van der Waals surface area (Å²) in [6, 6.07) is 5.37. The minimum absolute atomic E-state index is 0.179. The molecule has 110 valence electrons. The SMILES string of the molecule is C=CCNC(=S)NC[C@@H](O)COc1ccc(Cl)c(C)c1. The van der Waals surface area contributed by atoms with Gasteiger partial charge in [0, 0.05) is 18.1 Å². The number of aliphatic hydroxyl groups excluding tert-OH is 1. The summed E-state index contributed by atoms with van der Waals surface area (Å²) in [7, 11) is 0. The maximum Gasteiger partial charge on any atom is 0.166 e. The average Bonchev–Trinajstić information content (AvgIpc) is 2.44.